The molecule has 4 nitrogen and oxygen atoms in total. The van der Waals surface area contributed by atoms with Crippen LogP contribution in [0.4, 0.5) is 5.69 Å². The van der Waals surface area contributed by atoms with Crippen LogP contribution in [0.5, 0.6) is 5.75 Å². The first-order chi connectivity index (χ1) is 11.6. The van der Waals surface area contributed by atoms with E-state index in [-0.39, 0.29) is 0 Å². The number of rotatable bonds is 9. The summed E-state index contributed by atoms with van der Waals surface area (Å²) in [6.07, 6.45) is -0.486. The van der Waals surface area contributed by atoms with Crippen molar-refractivity contribution in [2.24, 2.45) is 0 Å². The van der Waals surface area contributed by atoms with Crippen LogP contribution in [0.1, 0.15) is 29.7 Å². The number of para-hydroxylation sites is 2. The zero-order valence-electron chi connectivity index (χ0n) is 14.7. The maximum absolute atomic E-state index is 9.74. The number of aliphatic hydroxyl groups excluding tert-OH is 1. The zero-order chi connectivity index (χ0) is 17.4. The molecular formula is C20H27NO3. The van der Waals surface area contributed by atoms with E-state index >= 15 is 0 Å². The van der Waals surface area contributed by atoms with Gasteiger partial charge in [0.15, 0.2) is 0 Å². The van der Waals surface area contributed by atoms with Crippen LogP contribution in [0.2, 0.25) is 0 Å². The van der Waals surface area contributed by atoms with Crippen LogP contribution >= 0.6 is 0 Å². The van der Waals surface area contributed by atoms with E-state index in [0.29, 0.717) is 26.4 Å². The molecule has 130 valence electrons. The fourth-order valence-electron chi connectivity index (χ4n) is 2.61. The molecular weight excluding hydrogens is 302 g/mol. The Bertz CT molecular complexity index is 620. The lowest BCUT2D eigenvalue weighted by atomic mass is 10.1. The number of anilines is 1. The molecule has 0 aliphatic heterocycles. The van der Waals surface area contributed by atoms with Gasteiger partial charge in [0.1, 0.15) is 12.4 Å². The Morgan fingerprint density at radius 1 is 0.958 bits per heavy atom. The predicted octanol–water partition coefficient (Wildman–Crippen LogP) is 3.86. The van der Waals surface area contributed by atoms with Gasteiger partial charge in [-0.05, 0) is 38.0 Å². The highest BCUT2D eigenvalue weighted by Crippen LogP contribution is 2.22. The molecule has 2 rings (SSSR count). The van der Waals surface area contributed by atoms with E-state index in [1.165, 1.54) is 0 Å². The first-order valence-electron chi connectivity index (χ1n) is 8.37. The van der Waals surface area contributed by atoms with E-state index in [2.05, 4.69) is 5.32 Å². The Morgan fingerprint density at radius 2 is 1.67 bits per heavy atom. The van der Waals surface area contributed by atoms with Crippen molar-refractivity contribution in [3.63, 3.8) is 0 Å². The molecule has 0 aliphatic rings. The molecule has 0 saturated carbocycles. The lowest BCUT2D eigenvalue weighted by Crippen LogP contribution is -2.15. The topological polar surface area (TPSA) is 50.7 Å². The minimum absolute atomic E-state index is 0.486. The largest absolute Gasteiger partial charge is 0.491 e. The average molecular weight is 329 g/mol. The third-order valence-corrected chi connectivity index (χ3v) is 3.86. The summed E-state index contributed by atoms with van der Waals surface area (Å²) in [6, 6.07) is 13.9. The molecule has 0 aliphatic carbocycles. The Morgan fingerprint density at radius 3 is 2.38 bits per heavy atom. The van der Waals surface area contributed by atoms with Gasteiger partial charge in [-0.3, -0.25) is 0 Å². The number of aryl methyl sites for hydroxylation is 2. The summed E-state index contributed by atoms with van der Waals surface area (Å²) < 4.78 is 11.4. The number of hydrogen-bond donors (Lipinski definition) is 2. The quantitative estimate of drug-likeness (QED) is 0.686. The molecule has 0 spiro atoms. The van der Waals surface area contributed by atoms with Crippen LogP contribution in [0.25, 0.3) is 0 Å². The number of nitrogens with one attached hydrogen (secondary N) is 1. The van der Waals surface area contributed by atoms with Crippen molar-refractivity contribution in [3.8, 4) is 5.75 Å². The highest BCUT2D eigenvalue weighted by Gasteiger charge is 2.06. The summed E-state index contributed by atoms with van der Waals surface area (Å²) in [7, 11) is 0. The van der Waals surface area contributed by atoms with Gasteiger partial charge in [0.2, 0.25) is 0 Å². The average Bonchev–Trinajstić information content (AvgIpc) is 2.56. The van der Waals surface area contributed by atoms with Gasteiger partial charge in [0.05, 0.1) is 19.3 Å². The van der Waals surface area contributed by atoms with Gasteiger partial charge in [-0.15, -0.1) is 0 Å². The molecule has 2 N–H and O–H groups in total. The van der Waals surface area contributed by atoms with Crippen molar-refractivity contribution in [3.05, 3.63) is 59.2 Å². The van der Waals surface area contributed by atoms with Gasteiger partial charge in [0, 0.05) is 17.8 Å². The van der Waals surface area contributed by atoms with E-state index in [0.717, 1.165) is 28.1 Å². The highest BCUT2D eigenvalue weighted by atomic mass is 16.5. The predicted molar refractivity (Wildman–Crippen MR) is 97.8 cm³/mol. The first kappa shape index (κ1) is 18.3. The van der Waals surface area contributed by atoms with Crippen molar-refractivity contribution in [1.29, 1.82) is 0 Å². The van der Waals surface area contributed by atoms with Crippen LogP contribution in [0, 0.1) is 13.8 Å². The number of aliphatic hydroxyl groups is 1. The molecule has 1 atom stereocenters. The van der Waals surface area contributed by atoms with Crippen LogP contribution in [0.3, 0.4) is 0 Å². The van der Waals surface area contributed by atoms with Crippen molar-refractivity contribution in [2.75, 3.05) is 31.7 Å². The van der Waals surface area contributed by atoms with Crippen molar-refractivity contribution in [1.82, 2.24) is 0 Å². The second-order valence-electron chi connectivity index (χ2n) is 5.87. The molecule has 1 unspecified atom stereocenters. The SMILES string of the molecule is Cc1cccc(C)c1OCCOCCNc1ccccc1C(C)O. The van der Waals surface area contributed by atoms with E-state index in [1.54, 1.807) is 6.92 Å². The van der Waals surface area contributed by atoms with E-state index in [1.807, 2.05) is 56.3 Å². The van der Waals surface area contributed by atoms with Crippen molar-refractivity contribution < 1.29 is 14.6 Å². The smallest absolute Gasteiger partial charge is 0.125 e. The van der Waals surface area contributed by atoms with Gasteiger partial charge in [-0.25, -0.2) is 0 Å². The number of benzene rings is 2. The molecule has 2 aromatic rings. The van der Waals surface area contributed by atoms with Gasteiger partial charge < -0.3 is 19.9 Å². The number of ether oxygens (including phenoxy) is 2. The Hall–Kier alpha value is -2.04. The molecule has 0 aromatic heterocycles. The molecule has 0 radical (unpaired) electrons. The fourth-order valence-corrected chi connectivity index (χ4v) is 2.61. The number of hydrogen-bond acceptors (Lipinski definition) is 4. The van der Waals surface area contributed by atoms with Crippen LogP contribution < -0.4 is 10.1 Å². The molecule has 4 heteroatoms. The maximum Gasteiger partial charge on any atom is 0.125 e. The standard InChI is InChI=1S/C20H27NO3/c1-15-7-6-8-16(2)20(15)24-14-13-23-12-11-21-19-10-5-4-9-18(19)17(3)22/h4-10,17,21-22H,11-14H2,1-3H3. The second-order valence-corrected chi connectivity index (χ2v) is 5.87. The van der Waals surface area contributed by atoms with Gasteiger partial charge in [-0.2, -0.15) is 0 Å². The molecule has 0 heterocycles. The summed E-state index contributed by atoms with van der Waals surface area (Å²) in [5, 5.41) is 13.0. The van der Waals surface area contributed by atoms with Crippen LogP contribution in [-0.4, -0.2) is 31.5 Å². The molecule has 2 aromatic carbocycles. The molecule has 0 saturated heterocycles. The highest BCUT2D eigenvalue weighted by molar-refractivity contribution is 5.51. The van der Waals surface area contributed by atoms with E-state index in [9.17, 15) is 5.11 Å². The normalized spacial score (nSPS) is 12.0. The summed E-state index contributed by atoms with van der Waals surface area (Å²) in [6.45, 7) is 8.22. The lowest BCUT2D eigenvalue weighted by molar-refractivity contribution is 0.107. The molecule has 24 heavy (non-hydrogen) atoms. The third-order valence-electron chi connectivity index (χ3n) is 3.86. The van der Waals surface area contributed by atoms with Crippen molar-refractivity contribution in [2.45, 2.75) is 26.9 Å². The summed E-state index contributed by atoms with van der Waals surface area (Å²) in [4.78, 5) is 0. The van der Waals surface area contributed by atoms with E-state index in [4.69, 9.17) is 9.47 Å². The minimum atomic E-state index is -0.486. The maximum atomic E-state index is 9.74. The van der Waals surface area contributed by atoms with E-state index < -0.39 is 6.10 Å². The fraction of sp³-hybridized carbons (Fsp3) is 0.400. The molecule has 0 bridgehead atoms. The summed E-state index contributed by atoms with van der Waals surface area (Å²) in [5.74, 6) is 0.949. The molecule has 0 amide bonds. The first-order valence-corrected chi connectivity index (χ1v) is 8.37. The zero-order valence-corrected chi connectivity index (χ0v) is 14.7. The Kier molecular flexibility index (Phi) is 7.09. The van der Waals surface area contributed by atoms with Gasteiger partial charge >= 0.3 is 0 Å². The monoisotopic (exact) mass is 329 g/mol. The Labute approximate surface area is 144 Å². The summed E-state index contributed by atoms with van der Waals surface area (Å²) >= 11 is 0. The molecule has 0 fully saturated rings. The Balaban J connectivity index is 1.66. The minimum Gasteiger partial charge on any atom is -0.491 e. The van der Waals surface area contributed by atoms with Crippen LogP contribution in [0.15, 0.2) is 42.5 Å². The lowest BCUT2D eigenvalue weighted by Gasteiger charge is -2.14. The second kappa shape index (κ2) is 9.30. The van der Waals surface area contributed by atoms with Gasteiger partial charge in [-0.1, -0.05) is 36.4 Å². The van der Waals surface area contributed by atoms with Crippen molar-refractivity contribution >= 4 is 5.69 Å². The van der Waals surface area contributed by atoms with Crippen LogP contribution in [-0.2, 0) is 4.74 Å². The summed E-state index contributed by atoms with van der Waals surface area (Å²) in [5.41, 5.74) is 4.14. The third kappa shape index (κ3) is 5.25. The van der Waals surface area contributed by atoms with Gasteiger partial charge in [0.25, 0.3) is 0 Å².